The van der Waals surface area contributed by atoms with E-state index in [2.05, 4.69) is 36.0 Å². The third-order valence-electron chi connectivity index (χ3n) is 3.58. The average molecular weight is 253 g/mol. The zero-order valence-electron chi connectivity index (χ0n) is 10.7. The van der Waals surface area contributed by atoms with Crippen molar-refractivity contribution in [2.24, 2.45) is 0 Å². The molecule has 0 saturated carbocycles. The van der Waals surface area contributed by atoms with Gasteiger partial charge in [0.15, 0.2) is 0 Å². The summed E-state index contributed by atoms with van der Waals surface area (Å²) in [6.45, 7) is 3.57. The van der Waals surface area contributed by atoms with Gasteiger partial charge in [0.25, 0.3) is 0 Å². The van der Waals surface area contributed by atoms with E-state index in [0.29, 0.717) is 0 Å². The van der Waals surface area contributed by atoms with E-state index in [1.54, 1.807) is 0 Å². The van der Waals surface area contributed by atoms with Gasteiger partial charge in [-0.2, -0.15) is 0 Å². The van der Waals surface area contributed by atoms with Crippen LogP contribution in [0.5, 0.6) is 0 Å². The highest BCUT2D eigenvalue weighted by atomic mass is 35.5. The van der Waals surface area contributed by atoms with Crippen molar-refractivity contribution in [2.45, 2.75) is 18.9 Å². The highest BCUT2D eigenvalue weighted by Crippen LogP contribution is 2.15. The second-order valence-electron chi connectivity index (χ2n) is 5.09. The highest BCUT2D eigenvalue weighted by Gasteiger charge is 2.23. The van der Waals surface area contributed by atoms with Crippen molar-refractivity contribution in [3.8, 4) is 0 Å². The molecule has 1 aromatic carbocycles. The minimum Gasteiger partial charge on any atom is -0.305 e. The number of hydrogen-bond donors (Lipinski definition) is 0. The largest absolute Gasteiger partial charge is 0.305 e. The third-order valence-corrected chi connectivity index (χ3v) is 3.82. The van der Waals surface area contributed by atoms with Crippen molar-refractivity contribution in [3.05, 3.63) is 34.9 Å². The van der Waals surface area contributed by atoms with Crippen LogP contribution in [0.4, 0.5) is 0 Å². The van der Waals surface area contributed by atoms with Crippen LogP contribution in [0.2, 0.25) is 5.02 Å². The second-order valence-corrected chi connectivity index (χ2v) is 5.52. The molecular weight excluding hydrogens is 232 g/mol. The van der Waals surface area contributed by atoms with Crippen molar-refractivity contribution in [1.82, 2.24) is 9.80 Å². The third kappa shape index (κ3) is 3.70. The number of nitrogens with zero attached hydrogens (tertiary/aromatic N) is 2. The zero-order valence-corrected chi connectivity index (χ0v) is 11.5. The summed E-state index contributed by atoms with van der Waals surface area (Å²) in [6.07, 6.45) is 2.39. The van der Waals surface area contributed by atoms with Crippen molar-refractivity contribution in [1.29, 1.82) is 0 Å². The number of halogens is 1. The van der Waals surface area contributed by atoms with Gasteiger partial charge in [-0.3, -0.25) is 0 Å². The minimum atomic E-state index is 0.731. The summed E-state index contributed by atoms with van der Waals surface area (Å²) < 4.78 is 0. The molecule has 1 heterocycles. The molecule has 2 rings (SSSR count). The van der Waals surface area contributed by atoms with Gasteiger partial charge in [0.1, 0.15) is 0 Å². The van der Waals surface area contributed by atoms with E-state index >= 15 is 0 Å². The van der Waals surface area contributed by atoms with Crippen LogP contribution in [-0.2, 0) is 6.42 Å². The molecule has 0 spiro atoms. The number of likely N-dealkylation sites (N-methyl/N-ethyl adjacent to an activating group) is 1. The van der Waals surface area contributed by atoms with Crippen LogP contribution >= 0.6 is 11.6 Å². The SMILES string of the molecule is CN(C)[C@H]1CCN(CCc2cccc(Cl)c2)C1. The van der Waals surface area contributed by atoms with Crippen LogP contribution in [0.1, 0.15) is 12.0 Å². The van der Waals surface area contributed by atoms with E-state index in [1.807, 2.05) is 12.1 Å². The first-order valence-corrected chi connectivity index (χ1v) is 6.66. The van der Waals surface area contributed by atoms with E-state index in [-0.39, 0.29) is 0 Å². The maximum absolute atomic E-state index is 5.98. The first-order chi connectivity index (χ1) is 8.15. The Morgan fingerprint density at radius 3 is 2.88 bits per heavy atom. The lowest BCUT2D eigenvalue weighted by atomic mass is 10.1. The normalized spacial score (nSPS) is 21.3. The summed E-state index contributed by atoms with van der Waals surface area (Å²) in [5, 5.41) is 0.843. The maximum atomic E-state index is 5.98. The Balaban J connectivity index is 1.80. The molecular formula is C14H21ClN2. The predicted molar refractivity (Wildman–Crippen MR) is 73.7 cm³/mol. The van der Waals surface area contributed by atoms with Crippen LogP contribution in [0.3, 0.4) is 0 Å². The lowest BCUT2D eigenvalue weighted by Crippen LogP contribution is -2.32. The van der Waals surface area contributed by atoms with Gasteiger partial charge in [0.05, 0.1) is 0 Å². The number of benzene rings is 1. The van der Waals surface area contributed by atoms with Crippen LogP contribution in [-0.4, -0.2) is 49.6 Å². The molecule has 0 bridgehead atoms. The number of hydrogen-bond acceptors (Lipinski definition) is 2. The molecule has 1 aliphatic heterocycles. The van der Waals surface area contributed by atoms with Crippen LogP contribution in [0.15, 0.2) is 24.3 Å². The summed E-state index contributed by atoms with van der Waals surface area (Å²) in [6, 6.07) is 8.93. The topological polar surface area (TPSA) is 6.48 Å². The molecule has 0 N–H and O–H groups in total. The molecule has 1 aliphatic rings. The molecule has 0 radical (unpaired) electrons. The fourth-order valence-corrected chi connectivity index (χ4v) is 2.63. The first-order valence-electron chi connectivity index (χ1n) is 6.28. The fourth-order valence-electron chi connectivity index (χ4n) is 2.42. The molecule has 0 unspecified atom stereocenters. The summed E-state index contributed by atoms with van der Waals surface area (Å²) >= 11 is 5.98. The molecule has 3 heteroatoms. The zero-order chi connectivity index (χ0) is 12.3. The van der Waals surface area contributed by atoms with Gasteiger partial charge >= 0.3 is 0 Å². The van der Waals surface area contributed by atoms with Crippen molar-refractivity contribution >= 4 is 11.6 Å². The molecule has 94 valence electrons. The Morgan fingerprint density at radius 2 is 2.24 bits per heavy atom. The molecule has 0 aromatic heterocycles. The van der Waals surface area contributed by atoms with Gasteiger partial charge in [-0.15, -0.1) is 0 Å². The summed E-state index contributed by atoms with van der Waals surface area (Å²) in [4.78, 5) is 4.88. The van der Waals surface area contributed by atoms with Gasteiger partial charge in [-0.05, 0) is 51.2 Å². The molecule has 1 saturated heterocycles. The second kappa shape index (κ2) is 5.85. The number of rotatable bonds is 4. The smallest absolute Gasteiger partial charge is 0.0408 e. The summed E-state index contributed by atoms with van der Waals surface area (Å²) in [5.41, 5.74) is 1.34. The Morgan fingerprint density at radius 1 is 1.41 bits per heavy atom. The Kier molecular flexibility index (Phi) is 4.43. The van der Waals surface area contributed by atoms with E-state index in [4.69, 9.17) is 11.6 Å². The summed E-state index contributed by atoms with van der Waals surface area (Å²) in [5.74, 6) is 0. The predicted octanol–water partition coefficient (Wildman–Crippen LogP) is 2.52. The van der Waals surface area contributed by atoms with Gasteiger partial charge in [-0.1, -0.05) is 23.7 Å². The highest BCUT2D eigenvalue weighted by molar-refractivity contribution is 6.30. The Labute approximate surface area is 109 Å². The van der Waals surface area contributed by atoms with Gasteiger partial charge in [-0.25, -0.2) is 0 Å². The van der Waals surface area contributed by atoms with Crippen LogP contribution in [0.25, 0.3) is 0 Å². The van der Waals surface area contributed by atoms with E-state index < -0.39 is 0 Å². The lowest BCUT2D eigenvalue weighted by molar-refractivity contribution is 0.270. The van der Waals surface area contributed by atoms with Crippen molar-refractivity contribution in [2.75, 3.05) is 33.7 Å². The lowest BCUT2D eigenvalue weighted by Gasteiger charge is -2.20. The first kappa shape index (κ1) is 12.9. The van der Waals surface area contributed by atoms with Gasteiger partial charge in [0.2, 0.25) is 0 Å². The standard InChI is InChI=1S/C14H21ClN2/c1-16(2)14-7-9-17(11-14)8-6-12-4-3-5-13(15)10-12/h3-5,10,14H,6-9,11H2,1-2H3/t14-/m0/s1. The Hall–Kier alpha value is -0.570. The van der Waals surface area contributed by atoms with E-state index in [0.717, 1.165) is 24.0 Å². The molecule has 1 aromatic rings. The molecule has 2 nitrogen and oxygen atoms in total. The Bertz CT molecular complexity index is 365. The minimum absolute atomic E-state index is 0.731. The molecule has 1 fully saturated rings. The molecule has 17 heavy (non-hydrogen) atoms. The average Bonchev–Trinajstić information content (AvgIpc) is 2.75. The van der Waals surface area contributed by atoms with Crippen molar-refractivity contribution < 1.29 is 0 Å². The molecule has 1 atom stereocenters. The van der Waals surface area contributed by atoms with Crippen molar-refractivity contribution in [3.63, 3.8) is 0 Å². The van der Waals surface area contributed by atoms with Crippen LogP contribution in [0, 0.1) is 0 Å². The van der Waals surface area contributed by atoms with E-state index in [1.165, 1.54) is 25.1 Å². The maximum Gasteiger partial charge on any atom is 0.0408 e. The van der Waals surface area contributed by atoms with Gasteiger partial charge < -0.3 is 9.80 Å². The quantitative estimate of drug-likeness (QED) is 0.813. The molecule has 0 amide bonds. The summed E-state index contributed by atoms with van der Waals surface area (Å²) in [7, 11) is 4.34. The fraction of sp³-hybridized carbons (Fsp3) is 0.571. The van der Waals surface area contributed by atoms with Gasteiger partial charge in [0, 0.05) is 24.2 Å². The number of likely N-dealkylation sites (tertiary alicyclic amines) is 1. The monoisotopic (exact) mass is 252 g/mol. The molecule has 0 aliphatic carbocycles. The van der Waals surface area contributed by atoms with E-state index in [9.17, 15) is 0 Å². The van der Waals surface area contributed by atoms with Crippen LogP contribution < -0.4 is 0 Å².